The van der Waals surface area contributed by atoms with Crippen molar-refractivity contribution in [2.24, 2.45) is 5.92 Å². The van der Waals surface area contributed by atoms with Crippen LogP contribution in [0, 0.1) is 5.92 Å². The molecule has 2 amide bonds. The summed E-state index contributed by atoms with van der Waals surface area (Å²) < 4.78 is 5.36. The molecule has 0 aromatic heterocycles. The van der Waals surface area contributed by atoms with Gasteiger partial charge in [-0.1, -0.05) is 0 Å². The van der Waals surface area contributed by atoms with Gasteiger partial charge in [-0.2, -0.15) is 0 Å². The van der Waals surface area contributed by atoms with Crippen molar-refractivity contribution in [3.05, 3.63) is 0 Å². The summed E-state index contributed by atoms with van der Waals surface area (Å²) in [6, 6.07) is 0. The van der Waals surface area contributed by atoms with E-state index in [4.69, 9.17) is 4.74 Å². The van der Waals surface area contributed by atoms with E-state index >= 15 is 0 Å². The van der Waals surface area contributed by atoms with Crippen molar-refractivity contribution < 1.29 is 14.3 Å². The highest BCUT2D eigenvalue weighted by molar-refractivity contribution is 5.79. The minimum absolute atomic E-state index is 0.104. The number of ether oxygens (including phenoxy) is 1. The van der Waals surface area contributed by atoms with Crippen molar-refractivity contribution in [1.82, 2.24) is 15.1 Å². The van der Waals surface area contributed by atoms with Gasteiger partial charge in [0.2, 0.25) is 5.91 Å². The Balaban J connectivity index is 1.80. The Labute approximate surface area is 126 Å². The molecule has 120 valence electrons. The summed E-state index contributed by atoms with van der Waals surface area (Å²) in [5, 5.41) is 3.28. The summed E-state index contributed by atoms with van der Waals surface area (Å²) in [6.45, 7) is 9.70. The van der Waals surface area contributed by atoms with E-state index in [1.165, 1.54) is 0 Å². The van der Waals surface area contributed by atoms with E-state index in [-0.39, 0.29) is 17.9 Å². The number of nitrogens with zero attached hydrogens (tertiary/aromatic N) is 2. The first-order valence-corrected chi connectivity index (χ1v) is 7.84. The number of piperidine rings is 1. The maximum atomic E-state index is 12.4. The Morgan fingerprint density at radius 2 is 1.71 bits per heavy atom. The number of hydrogen-bond donors (Lipinski definition) is 1. The summed E-state index contributed by atoms with van der Waals surface area (Å²) in [6.07, 6.45) is 1.75. The van der Waals surface area contributed by atoms with Gasteiger partial charge < -0.3 is 19.9 Å². The molecule has 2 rings (SSSR count). The van der Waals surface area contributed by atoms with Crippen molar-refractivity contribution in [3.63, 3.8) is 0 Å². The molecule has 2 fully saturated rings. The molecule has 2 aliphatic rings. The quantitative estimate of drug-likeness (QED) is 0.786. The third-order valence-corrected chi connectivity index (χ3v) is 3.89. The Morgan fingerprint density at radius 1 is 1.10 bits per heavy atom. The molecular formula is C15H27N3O3. The number of nitrogens with one attached hydrogen (secondary N) is 1. The van der Waals surface area contributed by atoms with Gasteiger partial charge in [-0.05, 0) is 40.2 Å². The number of carbonyl (C=O) groups excluding carboxylic acids is 2. The zero-order valence-corrected chi connectivity index (χ0v) is 13.4. The first-order valence-electron chi connectivity index (χ1n) is 7.84. The van der Waals surface area contributed by atoms with Crippen LogP contribution in [0.5, 0.6) is 0 Å². The van der Waals surface area contributed by atoms with Crippen LogP contribution >= 0.6 is 0 Å². The third kappa shape index (κ3) is 4.59. The molecule has 21 heavy (non-hydrogen) atoms. The lowest BCUT2D eigenvalue weighted by Crippen LogP contribution is -2.54. The number of rotatable bonds is 1. The van der Waals surface area contributed by atoms with Gasteiger partial charge in [0.25, 0.3) is 0 Å². The van der Waals surface area contributed by atoms with Crippen LogP contribution in [0.4, 0.5) is 4.79 Å². The first kappa shape index (κ1) is 16.1. The van der Waals surface area contributed by atoms with Crippen molar-refractivity contribution in [3.8, 4) is 0 Å². The summed E-state index contributed by atoms with van der Waals surface area (Å²) in [7, 11) is 0. The van der Waals surface area contributed by atoms with Crippen LogP contribution in [0.3, 0.4) is 0 Å². The molecule has 0 unspecified atom stereocenters. The zero-order chi connectivity index (χ0) is 15.5. The second kappa shape index (κ2) is 6.64. The highest BCUT2D eigenvalue weighted by atomic mass is 16.6. The average molecular weight is 297 g/mol. The van der Waals surface area contributed by atoms with Gasteiger partial charge in [-0.25, -0.2) is 4.79 Å². The molecule has 0 bridgehead atoms. The molecule has 6 heteroatoms. The fourth-order valence-corrected chi connectivity index (χ4v) is 2.76. The minimum Gasteiger partial charge on any atom is -0.444 e. The van der Waals surface area contributed by atoms with Crippen molar-refractivity contribution in [2.45, 2.75) is 39.2 Å². The van der Waals surface area contributed by atoms with Crippen molar-refractivity contribution >= 4 is 12.0 Å². The van der Waals surface area contributed by atoms with Crippen LogP contribution in [-0.4, -0.2) is 66.7 Å². The van der Waals surface area contributed by atoms with Gasteiger partial charge in [-0.15, -0.1) is 0 Å². The fraction of sp³-hybridized carbons (Fsp3) is 0.867. The van der Waals surface area contributed by atoms with Gasteiger partial charge in [0.15, 0.2) is 0 Å². The maximum absolute atomic E-state index is 12.4. The molecule has 2 aliphatic heterocycles. The third-order valence-electron chi connectivity index (χ3n) is 3.89. The van der Waals surface area contributed by atoms with Crippen LogP contribution in [-0.2, 0) is 9.53 Å². The normalized spacial score (nSPS) is 23.9. The van der Waals surface area contributed by atoms with Gasteiger partial charge in [-0.3, -0.25) is 4.79 Å². The smallest absolute Gasteiger partial charge is 0.410 e. The number of amides is 2. The second-order valence-electron chi connectivity index (χ2n) is 6.84. The molecular weight excluding hydrogens is 270 g/mol. The molecule has 0 saturated carbocycles. The molecule has 2 heterocycles. The summed E-state index contributed by atoms with van der Waals surface area (Å²) in [5.74, 6) is 0.331. The SMILES string of the molecule is CC(C)(C)OC(=O)N1CCN(C(=O)[C@H]2CCCNC2)CC1. The Hall–Kier alpha value is -1.30. The van der Waals surface area contributed by atoms with Crippen molar-refractivity contribution in [2.75, 3.05) is 39.3 Å². The molecule has 0 aromatic rings. The predicted octanol–water partition coefficient (Wildman–Crippen LogP) is 1.07. The fourth-order valence-electron chi connectivity index (χ4n) is 2.76. The second-order valence-corrected chi connectivity index (χ2v) is 6.84. The predicted molar refractivity (Wildman–Crippen MR) is 80.0 cm³/mol. The molecule has 2 saturated heterocycles. The van der Waals surface area contributed by atoms with E-state index in [1.54, 1.807) is 4.90 Å². The Bertz CT molecular complexity index is 378. The van der Waals surface area contributed by atoms with Crippen LogP contribution < -0.4 is 5.32 Å². The van der Waals surface area contributed by atoms with Gasteiger partial charge in [0, 0.05) is 32.7 Å². The largest absolute Gasteiger partial charge is 0.444 e. The maximum Gasteiger partial charge on any atom is 0.410 e. The Morgan fingerprint density at radius 3 is 2.24 bits per heavy atom. The topological polar surface area (TPSA) is 61.9 Å². The summed E-state index contributed by atoms with van der Waals surface area (Å²) >= 11 is 0. The van der Waals surface area contributed by atoms with Crippen LogP contribution in [0.2, 0.25) is 0 Å². The highest BCUT2D eigenvalue weighted by Crippen LogP contribution is 2.16. The molecule has 1 atom stereocenters. The van der Waals surface area contributed by atoms with Gasteiger partial charge >= 0.3 is 6.09 Å². The van der Waals surface area contributed by atoms with E-state index in [2.05, 4.69) is 5.32 Å². The van der Waals surface area contributed by atoms with E-state index in [9.17, 15) is 9.59 Å². The van der Waals surface area contributed by atoms with Crippen molar-refractivity contribution in [1.29, 1.82) is 0 Å². The molecule has 0 spiro atoms. The molecule has 0 aliphatic carbocycles. The van der Waals surface area contributed by atoms with Gasteiger partial charge in [0.1, 0.15) is 5.60 Å². The van der Waals surface area contributed by atoms with E-state index in [0.717, 1.165) is 25.9 Å². The van der Waals surface area contributed by atoms with E-state index < -0.39 is 5.60 Å². The molecule has 0 aromatic carbocycles. The summed E-state index contributed by atoms with van der Waals surface area (Å²) in [4.78, 5) is 28.0. The number of piperazine rings is 1. The molecule has 6 nitrogen and oxygen atoms in total. The van der Waals surface area contributed by atoms with Gasteiger partial charge in [0.05, 0.1) is 5.92 Å². The van der Waals surface area contributed by atoms with Crippen LogP contribution in [0.25, 0.3) is 0 Å². The zero-order valence-electron chi connectivity index (χ0n) is 13.4. The highest BCUT2D eigenvalue weighted by Gasteiger charge is 2.31. The minimum atomic E-state index is -0.474. The lowest BCUT2D eigenvalue weighted by atomic mass is 9.98. The molecule has 1 N–H and O–H groups in total. The van der Waals surface area contributed by atoms with E-state index in [1.807, 2.05) is 25.7 Å². The lowest BCUT2D eigenvalue weighted by Gasteiger charge is -2.37. The van der Waals surface area contributed by atoms with Crippen LogP contribution in [0.15, 0.2) is 0 Å². The standard InChI is InChI=1S/C15H27N3O3/c1-15(2,3)21-14(20)18-9-7-17(8-10-18)13(19)12-5-4-6-16-11-12/h12,16H,4-11H2,1-3H3/t12-/m0/s1. The lowest BCUT2D eigenvalue weighted by molar-refractivity contribution is -0.137. The first-order chi connectivity index (χ1) is 9.87. The Kier molecular flexibility index (Phi) is 5.08. The monoisotopic (exact) mass is 297 g/mol. The van der Waals surface area contributed by atoms with Crippen LogP contribution in [0.1, 0.15) is 33.6 Å². The van der Waals surface area contributed by atoms with E-state index in [0.29, 0.717) is 26.2 Å². The number of hydrogen-bond acceptors (Lipinski definition) is 4. The number of carbonyl (C=O) groups is 2. The average Bonchev–Trinajstić information content (AvgIpc) is 2.46. The summed E-state index contributed by atoms with van der Waals surface area (Å²) in [5.41, 5.74) is -0.474. The molecule has 0 radical (unpaired) electrons.